The molecule has 0 bridgehead atoms. The van der Waals surface area contributed by atoms with E-state index in [1.54, 1.807) is 35.8 Å². The van der Waals surface area contributed by atoms with Gasteiger partial charge in [-0.25, -0.2) is 8.78 Å². The molecular formula is C24H19F2N5O3S. The second kappa shape index (κ2) is 10.4. The largest absolute Gasteiger partial charge is 0.342 e. The van der Waals surface area contributed by atoms with Gasteiger partial charge < -0.3 is 5.32 Å². The molecule has 1 amide bonds. The van der Waals surface area contributed by atoms with Crippen LogP contribution < -0.4 is 5.32 Å². The van der Waals surface area contributed by atoms with Gasteiger partial charge in [-0.2, -0.15) is 0 Å². The van der Waals surface area contributed by atoms with E-state index in [4.69, 9.17) is 0 Å². The Kier molecular flexibility index (Phi) is 7.16. The molecular weight excluding hydrogens is 476 g/mol. The summed E-state index contributed by atoms with van der Waals surface area (Å²) in [6.45, 7) is 1.71. The maximum absolute atomic E-state index is 13.5. The van der Waals surface area contributed by atoms with Crippen LogP contribution in [0.4, 0.5) is 14.5 Å². The topological polar surface area (TPSA) is 103 Å². The Morgan fingerprint density at radius 3 is 2.43 bits per heavy atom. The average Bonchev–Trinajstić information content (AvgIpc) is 3.28. The van der Waals surface area contributed by atoms with Gasteiger partial charge in [0, 0.05) is 29.1 Å². The zero-order chi connectivity index (χ0) is 24.9. The van der Waals surface area contributed by atoms with Crippen LogP contribution in [0.5, 0.6) is 0 Å². The third-order valence-corrected chi connectivity index (χ3v) is 6.08. The molecule has 8 nitrogen and oxygen atoms in total. The minimum atomic E-state index is -0.631. The van der Waals surface area contributed by atoms with Gasteiger partial charge in [-0.3, -0.25) is 19.5 Å². The van der Waals surface area contributed by atoms with E-state index in [0.717, 1.165) is 11.6 Å². The van der Waals surface area contributed by atoms with Crippen LogP contribution in [0.15, 0.2) is 78.0 Å². The van der Waals surface area contributed by atoms with E-state index < -0.39 is 22.7 Å². The predicted octanol–water partition coefficient (Wildman–Crippen LogP) is 5.24. The Hall–Kier alpha value is -4.12. The lowest BCUT2D eigenvalue weighted by Gasteiger charge is -2.16. The monoisotopic (exact) mass is 495 g/mol. The molecule has 0 spiro atoms. The molecule has 4 aromatic rings. The predicted molar refractivity (Wildman–Crippen MR) is 126 cm³/mol. The van der Waals surface area contributed by atoms with E-state index in [2.05, 4.69) is 15.5 Å². The van der Waals surface area contributed by atoms with Crippen molar-refractivity contribution in [3.63, 3.8) is 0 Å². The van der Waals surface area contributed by atoms with Gasteiger partial charge in [0.05, 0.1) is 11.0 Å². The molecule has 0 fully saturated rings. The number of nitro benzene ring substituents is 1. The van der Waals surface area contributed by atoms with Crippen LogP contribution in [0.25, 0.3) is 5.69 Å². The molecule has 0 radical (unpaired) electrons. The van der Waals surface area contributed by atoms with E-state index in [-0.39, 0.29) is 17.1 Å². The molecule has 1 unspecified atom stereocenters. The van der Waals surface area contributed by atoms with Crippen molar-refractivity contribution in [1.29, 1.82) is 0 Å². The maximum Gasteiger partial charge on any atom is 0.269 e. The number of benzene rings is 3. The van der Waals surface area contributed by atoms with E-state index in [9.17, 15) is 23.7 Å². The number of carbonyl (C=O) groups is 1. The summed E-state index contributed by atoms with van der Waals surface area (Å²) in [5.74, 6) is -0.507. The van der Waals surface area contributed by atoms with Crippen LogP contribution in [0.3, 0.4) is 0 Å². The first-order valence-corrected chi connectivity index (χ1v) is 11.4. The van der Waals surface area contributed by atoms with Gasteiger partial charge in [-0.15, -0.1) is 10.2 Å². The summed E-state index contributed by atoms with van der Waals surface area (Å²) in [7, 11) is 0. The number of nitrogens with one attached hydrogen (secondary N) is 1. The summed E-state index contributed by atoms with van der Waals surface area (Å²) in [5.41, 5.74) is 1.51. The van der Waals surface area contributed by atoms with Crippen molar-refractivity contribution < 1.29 is 18.5 Å². The molecule has 1 heterocycles. The Bertz CT molecular complexity index is 1360. The lowest BCUT2D eigenvalue weighted by atomic mass is 10.2. The lowest BCUT2D eigenvalue weighted by molar-refractivity contribution is -0.384. The number of non-ortho nitro benzene ring substituents is 1. The van der Waals surface area contributed by atoms with Gasteiger partial charge in [-0.1, -0.05) is 30.0 Å². The zero-order valence-corrected chi connectivity index (χ0v) is 19.2. The molecule has 0 saturated heterocycles. The quantitative estimate of drug-likeness (QED) is 0.204. The van der Waals surface area contributed by atoms with Gasteiger partial charge >= 0.3 is 0 Å². The highest BCUT2D eigenvalue weighted by atomic mass is 32.2. The van der Waals surface area contributed by atoms with Crippen molar-refractivity contribution in [2.75, 3.05) is 0 Å². The zero-order valence-electron chi connectivity index (χ0n) is 18.4. The Morgan fingerprint density at radius 1 is 1.06 bits per heavy atom. The average molecular weight is 496 g/mol. The molecule has 0 aliphatic heterocycles. The van der Waals surface area contributed by atoms with Crippen LogP contribution in [-0.2, 0) is 5.75 Å². The Morgan fingerprint density at radius 2 is 1.77 bits per heavy atom. The van der Waals surface area contributed by atoms with Gasteiger partial charge in [-0.05, 0) is 55.0 Å². The molecule has 0 saturated carbocycles. The van der Waals surface area contributed by atoms with E-state index >= 15 is 0 Å². The Labute approximate surface area is 203 Å². The summed E-state index contributed by atoms with van der Waals surface area (Å²) in [5, 5.41) is 22.8. The summed E-state index contributed by atoms with van der Waals surface area (Å²) < 4.78 is 28.5. The van der Waals surface area contributed by atoms with Crippen molar-refractivity contribution in [1.82, 2.24) is 20.1 Å². The molecule has 3 aromatic carbocycles. The van der Waals surface area contributed by atoms with E-state index in [1.165, 1.54) is 54.2 Å². The first kappa shape index (κ1) is 24.0. The third kappa shape index (κ3) is 5.69. The molecule has 178 valence electrons. The second-order valence-electron chi connectivity index (χ2n) is 7.57. The number of nitrogens with zero attached hydrogens (tertiary/aromatic N) is 4. The normalized spacial score (nSPS) is 11.7. The van der Waals surface area contributed by atoms with Crippen molar-refractivity contribution in [2.24, 2.45) is 0 Å². The number of carbonyl (C=O) groups excluding carboxylic acids is 1. The Balaban J connectivity index is 1.64. The van der Waals surface area contributed by atoms with E-state index in [0.29, 0.717) is 22.4 Å². The highest BCUT2D eigenvalue weighted by molar-refractivity contribution is 7.98. The summed E-state index contributed by atoms with van der Waals surface area (Å²) in [6, 6.07) is 16.6. The highest BCUT2D eigenvalue weighted by Crippen LogP contribution is 2.28. The number of amides is 1. The fraction of sp³-hybridized carbons (Fsp3) is 0.125. The summed E-state index contributed by atoms with van der Waals surface area (Å²) in [6.07, 6.45) is 0. The number of hydrogen-bond donors (Lipinski definition) is 1. The molecule has 4 rings (SSSR count). The minimum Gasteiger partial charge on any atom is -0.342 e. The highest BCUT2D eigenvalue weighted by Gasteiger charge is 2.22. The van der Waals surface area contributed by atoms with Crippen molar-refractivity contribution >= 4 is 23.4 Å². The SMILES string of the molecule is CC(NC(=O)c1cccc(F)c1)c1nnc(SCc2ccc(F)cc2)n1-c1ccc([N+](=O)[O-])cc1. The summed E-state index contributed by atoms with van der Waals surface area (Å²) >= 11 is 1.34. The number of hydrogen-bond acceptors (Lipinski definition) is 6. The molecule has 0 aliphatic rings. The molecule has 0 aliphatic carbocycles. The van der Waals surface area contributed by atoms with Crippen LogP contribution in [0.2, 0.25) is 0 Å². The van der Waals surface area contributed by atoms with Crippen molar-refractivity contribution in [3.05, 3.63) is 111 Å². The second-order valence-corrected chi connectivity index (χ2v) is 8.51. The molecule has 1 N–H and O–H groups in total. The fourth-order valence-electron chi connectivity index (χ4n) is 3.32. The third-order valence-electron chi connectivity index (χ3n) is 5.08. The summed E-state index contributed by atoms with van der Waals surface area (Å²) in [4.78, 5) is 23.2. The minimum absolute atomic E-state index is 0.0728. The fourth-order valence-corrected chi connectivity index (χ4v) is 4.24. The van der Waals surface area contributed by atoms with Crippen molar-refractivity contribution in [2.45, 2.75) is 23.9 Å². The molecule has 11 heteroatoms. The van der Waals surface area contributed by atoms with Crippen LogP contribution >= 0.6 is 11.8 Å². The van der Waals surface area contributed by atoms with Gasteiger partial charge in [0.2, 0.25) is 0 Å². The number of aromatic nitrogens is 3. The first-order valence-electron chi connectivity index (χ1n) is 10.5. The number of halogens is 2. The molecule has 1 aromatic heterocycles. The van der Waals surface area contributed by atoms with Gasteiger partial charge in [0.25, 0.3) is 11.6 Å². The number of thioether (sulfide) groups is 1. The number of nitro groups is 1. The van der Waals surface area contributed by atoms with Gasteiger partial charge in [0.15, 0.2) is 11.0 Å². The van der Waals surface area contributed by atoms with Crippen LogP contribution in [0, 0.1) is 21.7 Å². The lowest BCUT2D eigenvalue weighted by Crippen LogP contribution is -2.28. The first-order chi connectivity index (χ1) is 16.8. The van der Waals surface area contributed by atoms with Crippen LogP contribution in [0.1, 0.15) is 34.7 Å². The van der Waals surface area contributed by atoms with E-state index in [1.807, 2.05) is 0 Å². The smallest absolute Gasteiger partial charge is 0.269 e. The number of rotatable bonds is 8. The molecule has 35 heavy (non-hydrogen) atoms. The standard InChI is InChI=1S/C24H19F2N5O3S/c1-15(27-23(32)17-3-2-4-19(26)13-17)22-28-29-24(35-14-16-5-7-18(25)8-6-16)30(22)20-9-11-21(12-10-20)31(33)34/h2-13,15H,14H2,1H3,(H,27,32). The van der Waals surface area contributed by atoms with Crippen molar-refractivity contribution in [3.8, 4) is 5.69 Å². The maximum atomic E-state index is 13.5. The molecule has 1 atom stereocenters. The van der Waals surface area contributed by atoms with Crippen LogP contribution in [-0.4, -0.2) is 25.6 Å². The van der Waals surface area contributed by atoms with Gasteiger partial charge in [0.1, 0.15) is 11.6 Å².